The molecule has 1 aromatic heterocycles. The minimum absolute atomic E-state index is 0. The molecule has 8 aromatic carbocycles. The van der Waals surface area contributed by atoms with Crippen LogP contribution >= 0.6 is 0 Å². The molecule has 1 heterocycles. The number of methoxy groups -OCH3 is 2. The number of rotatable bonds is 36. The van der Waals surface area contributed by atoms with E-state index in [9.17, 15) is 38.4 Å². The summed E-state index contributed by atoms with van der Waals surface area (Å²) in [5, 5.41) is 2.19. The summed E-state index contributed by atoms with van der Waals surface area (Å²) in [4.78, 5) is 100. The fraction of sp³-hybridized carbons (Fsp3) is 0.326. The fourth-order valence-corrected chi connectivity index (χ4v) is 10.2. The molecular weight excluding hydrogens is 1440 g/mol. The van der Waals surface area contributed by atoms with Crippen LogP contribution in [-0.4, -0.2) is 88.4 Å². The van der Waals surface area contributed by atoms with E-state index in [1.165, 1.54) is 48.8 Å². The number of fused-ring (bicyclic) bond motifs is 1. The van der Waals surface area contributed by atoms with Gasteiger partial charge in [-0.1, -0.05) is 124 Å². The standard InChI is InChI=1S/C45H44O10.C39H40O11.8CH4/c1-4-33(44(48)54-41-24-22-39(23-25-41)53-42(46)26-12-32-11-13-34-9-5-6-10-36(34)30-32)29-31(2)43(47)52-28-8-7-27-51-38-16-14-35(15-17-38)45(49)55-40-20-18-37(50-3)19-21-40;1-4-28(38(42)49-35-19-17-33(18-20-35)48-36(40)22-21-31-8-7-25-46-31)26-27(2)37(41)47-24-6-5-23-45-32-11-9-29(10-12-32)39(43)50-34-15-13-30(44-3)14-16-34;;;;;;;;/h5-6,9-26,30-31,33H,4,7-8,27-29H2,1-3H3;7-22,25,27-28H,4-6,23-24,26H2,1-3H3;8*1H4/b26-12+;22-21+;;;;;;;;. The average molecular weight is 1560 g/mol. The Kier molecular flexibility index (Phi) is 47.8. The molecule has 21 heteroatoms. The first kappa shape index (κ1) is 101. The molecule has 113 heavy (non-hydrogen) atoms. The predicted octanol–water partition coefficient (Wildman–Crippen LogP) is 21.6. The summed E-state index contributed by atoms with van der Waals surface area (Å²) < 4.78 is 70.2. The zero-order valence-electron chi connectivity index (χ0n) is 59.3. The second-order valence-corrected chi connectivity index (χ2v) is 24.0. The van der Waals surface area contributed by atoms with Crippen LogP contribution in [-0.2, 0) is 38.2 Å². The van der Waals surface area contributed by atoms with E-state index in [4.69, 9.17) is 61.3 Å². The van der Waals surface area contributed by atoms with Crippen molar-refractivity contribution in [3.05, 3.63) is 241 Å². The maximum absolute atomic E-state index is 13.0. The highest BCUT2D eigenvalue weighted by molar-refractivity contribution is 5.93. The highest BCUT2D eigenvalue weighted by Gasteiger charge is 2.28. The molecule has 610 valence electrons. The Morgan fingerprint density at radius 2 is 0.699 bits per heavy atom. The molecule has 0 radical (unpaired) electrons. The number of hydrogen-bond donors (Lipinski definition) is 0. The van der Waals surface area contributed by atoms with E-state index in [-0.39, 0.29) is 103 Å². The number of carbonyl (C=O) groups is 8. The van der Waals surface area contributed by atoms with Crippen molar-refractivity contribution < 1.29 is 99.6 Å². The lowest BCUT2D eigenvalue weighted by Crippen LogP contribution is -2.26. The van der Waals surface area contributed by atoms with E-state index in [1.54, 1.807) is 168 Å². The average Bonchev–Trinajstić information content (AvgIpc) is 1.11. The molecule has 0 aliphatic heterocycles. The van der Waals surface area contributed by atoms with Crippen molar-refractivity contribution in [3.8, 4) is 57.5 Å². The van der Waals surface area contributed by atoms with Gasteiger partial charge in [0.1, 0.15) is 63.3 Å². The number of esters is 8. The number of benzene rings is 8. The summed E-state index contributed by atoms with van der Waals surface area (Å²) >= 11 is 0. The summed E-state index contributed by atoms with van der Waals surface area (Å²) in [6, 6.07) is 56.4. The zero-order valence-corrected chi connectivity index (χ0v) is 59.3. The van der Waals surface area contributed by atoms with Crippen LogP contribution < -0.4 is 47.4 Å². The van der Waals surface area contributed by atoms with Crippen molar-refractivity contribution >= 4 is 70.7 Å². The molecule has 0 saturated heterocycles. The highest BCUT2D eigenvalue weighted by atomic mass is 16.6. The van der Waals surface area contributed by atoms with Gasteiger partial charge in [0.2, 0.25) is 0 Å². The Morgan fingerprint density at radius 1 is 0.354 bits per heavy atom. The molecule has 0 saturated carbocycles. The van der Waals surface area contributed by atoms with E-state index < -0.39 is 59.5 Å². The van der Waals surface area contributed by atoms with Gasteiger partial charge in [0.15, 0.2) is 0 Å². The Bertz CT molecular complexity index is 4320. The van der Waals surface area contributed by atoms with Crippen LogP contribution in [0.5, 0.6) is 57.5 Å². The van der Waals surface area contributed by atoms with Crippen molar-refractivity contribution in [3.63, 3.8) is 0 Å². The van der Waals surface area contributed by atoms with Gasteiger partial charge in [-0.15, -0.1) is 0 Å². The van der Waals surface area contributed by atoms with Crippen molar-refractivity contribution in [1.29, 1.82) is 0 Å². The van der Waals surface area contributed by atoms with E-state index in [0.717, 1.165) is 16.3 Å². The van der Waals surface area contributed by atoms with Crippen molar-refractivity contribution in [1.82, 2.24) is 0 Å². The molecule has 0 N–H and O–H groups in total. The third kappa shape index (κ3) is 34.3. The molecule has 0 aliphatic rings. The highest BCUT2D eigenvalue weighted by Crippen LogP contribution is 2.28. The first-order valence-electron chi connectivity index (χ1n) is 34.4. The lowest BCUT2D eigenvalue weighted by molar-refractivity contribution is -0.151. The van der Waals surface area contributed by atoms with Crippen LogP contribution in [0.15, 0.2) is 223 Å². The first-order chi connectivity index (χ1) is 50.9. The topological polar surface area (TPSA) is 260 Å². The first-order valence-corrected chi connectivity index (χ1v) is 34.4. The van der Waals surface area contributed by atoms with Crippen LogP contribution in [0.1, 0.15) is 171 Å². The molecule has 9 aromatic rings. The van der Waals surface area contributed by atoms with Gasteiger partial charge in [0.05, 0.1) is 81.7 Å². The Morgan fingerprint density at radius 3 is 1.07 bits per heavy atom. The third-order valence-corrected chi connectivity index (χ3v) is 16.2. The van der Waals surface area contributed by atoms with Gasteiger partial charge < -0.3 is 61.3 Å². The van der Waals surface area contributed by atoms with Gasteiger partial charge in [-0.2, -0.15) is 0 Å². The molecule has 4 atom stereocenters. The van der Waals surface area contributed by atoms with Gasteiger partial charge in [0, 0.05) is 12.2 Å². The van der Waals surface area contributed by atoms with Crippen LogP contribution in [0.25, 0.3) is 22.9 Å². The minimum Gasteiger partial charge on any atom is -0.497 e. The molecule has 0 spiro atoms. The summed E-state index contributed by atoms with van der Waals surface area (Å²) in [6.07, 6.45) is 11.3. The normalized spacial score (nSPS) is 11.2. The van der Waals surface area contributed by atoms with Gasteiger partial charge in [-0.25, -0.2) is 19.2 Å². The van der Waals surface area contributed by atoms with Crippen molar-refractivity contribution in [2.75, 3.05) is 40.6 Å². The van der Waals surface area contributed by atoms with Gasteiger partial charge in [-0.3, -0.25) is 19.2 Å². The lowest BCUT2D eigenvalue weighted by Gasteiger charge is -2.18. The van der Waals surface area contributed by atoms with Crippen LogP contribution in [0, 0.1) is 23.7 Å². The molecule has 9 rings (SSSR count). The largest absolute Gasteiger partial charge is 0.497 e. The van der Waals surface area contributed by atoms with Gasteiger partial charge in [0.25, 0.3) is 0 Å². The summed E-state index contributed by atoms with van der Waals surface area (Å²) in [5.74, 6) is -0.730. The van der Waals surface area contributed by atoms with Crippen LogP contribution in [0.2, 0.25) is 0 Å². The van der Waals surface area contributed by atoms with Crippen LogP contribution in [0.4, 0.5) is 0 Å². The Balaban J connectivity index is 0.00000208. The number of unbranched alkanes of at least 4 members (excludes halogenated alkanes) is 2. The lowest BCUT2D eigenvalue weighted by atomic mass is 9.94. The van der Waals surface area contributed by atoms with Gasteiger partial charge >= 0.3 is 47.8 Å². The van der Waals surface area contributed by atoms with E-state index in [2.05, 4.69) is 0 Å². The molecular formula is C92H116O21. The minimum atomic E-state index is -0.582. The second-order valence-electron chi connectivity index (χ2n) is 24.0. The predicted molar refractivity (Wildman–Crippen MR) is 445 cm³/mol. The summed E-state index contributed by atoms with van der Waals surface area (Å²) in [6.45, 7) is 8.41. The maximum Gasteiger partial charge on any atom is 0.343 e. The van der Waals surface area contributed by atoms with E-state index >= 15 is 0 Å². The SMILES string of the molecule is C.C.C.C.C.C.C.C.CCC(CC(C)C(=O)OCCCCOc1ccc(C(=O)Oc2ccc(OC)cc2)cc1)C(=O)Oc1ccc(OC(=O)/C=C/c2ccc3ccccc3c2)cc1.CCC(CC(C)C(=O)OCCCCOc1ccc(C(=O)Oc2ccc(OC)cc2)cc1)C(=O)Oc1ccc(OC(=O)/C=C/c2ccco2)cc1. The van der Waals surface area contributed by atoms with E-state index in [0.29, 0.717) is 120 Å². The number of hydrogen-bond acceptors (Lipinski definition) is 21. The Hall–Kier alpha value is -12.3. The fourth-order valence-electron chi connectivity index (χ4n) is 10.2. The summed E-state index contributed by atoms with van der Waals surface area (Å²) in [7, 11) is 3.13. The van der Waals surface area contributed by atoms with Crippen molar-refractivity contribution in [2.45, 2.75) is 138 Å². The number of carbonyl (C=O) groups excluding carboxylic acids is 8. The zero-order chi connectivity index (χ0) is 74.7. The summed E-state index contributed by atoms with van der Waals surface area (Å²) in [5.41, 5.74) is 1.65. The molecule has 21 nitrogen and oxygen atoms in total. The third-order valence-electron chi connectivity index (χ3n) is 16.2. The monoisotopic (exact) mass is 1560 g/mol. The van der Waals surface area contributed by atoms with Gasteiger partial charge in [-0.05, 0) is 244 Å². The number of ether oxygens (including phenoxy) is 12. The molecule has 0 bridgehead atoms. The maximum atomic E-state index is 13.0. The molecule has 0 fully saturated rings. The second kappa shape index (κ2) is 53.6. The smallest absolute Gasteiger partial charge is 0.343 e. The Labute approximate surface area is 668 Å². The quantitative estimate of drug-likeness (QED) is 0.0153. The van der Waals surface area contributed by atoms with Crippen LogP contribution in [0.3, 0.4) is 0 Å². The molecule has 0 aliphatic carbocycles. The van der Waals surface area contributed by atoms with Crippen molar-refractivity contribution in [2.24, 2.45) is 23.7 Å². The van der Waals surface area contributed by atoms with E-state index in [1.807, 2.05) is 56.3 Å². The molecule has 4 unspecified atom stereocenters. The number of furan rings is 1. The molecule has 0 amide bonds.